The maximum atomic E-state index is 2.20. The number of benzene rings is 1. The van der Waals surface area contributed by atoms with Crippen LogP contribution in [-0.2, 0) is 6.54 Å². The standard InChI is InChI=1S/C10H16N.Na.2H2O/c1-11(2,3)9-10-7-5-4-6-8-10;;;/h4-8H,9H2,1-3H3;;2*1H2/q2*+1;;/p-2. The van der Waals surface area contributed by atoms with E-state index in [9.17, 15) is 0 Å². The molecule has 0 bridgehead atoms. The molecule has 0 heterocycles. The van der Waals surface area contributed by atoms with Gasteiger partial charge < -0.3 is 15.4 Å². The van der Waals surface area contributed by atoms with Gasteiger partial charge in [0, 0.05) is 5.56 Å². The summed E-state index contributed by atoms with van der Waals surface area (Å²) in [6.45, 7) is 1.10. The van der Waals surface area contributed by atoms with Gasteiger partial charge in [-0.25, -0.2) is 0 Å². The summed E-state index contributed by atoms with van der Waals surface area (Å²) >= 11 is 0. The second-order valence-corrected chi connectivity index (χ2v) is 3.93. The van der Waals surface area contributed by atoms with Crippen molar-refractivity contribution >= 4 is 0 Å². The summed E-state index contributed by atoms with van der Waals surface area (Å²) < 4.78 is 0.990. The molecule has 0 spiro atoms. The quantitative estimate of drug-likeness (QED) is 0.440. The average molecular weight is 207 g/mol. The van der Waals surface area contributed by atoms with Crippen LogP contribution in [0.15, 0.2) is 30.3 Å². The second kappa shape index (κ2) is 8.41. The van der Waals surface area contributed by atoms with Crippen LogP contribution in [0.25, 0.3) is 0 Å². The Morgan fingerprint density at radius 3 is 1.71 bits per heavy atom. The molecular formula is C10H18NNaO2. The molecule has 1 aromatic rings. The first kappa shape index (κ1) is 19.6. The van der Waals surface area contributed by atoms with E-state index in [1.54, 1.807) is 0 Å². The van der Waals surface area contributed by atoms with E-state index in [1.165, 1.54) is 5.56 Å². The van der Waals surface area contributed by atoms with Gasteiger partial charge in [-0.05, 0) is 0 Å². The third-order valence-corrected chi connectivity index (χ3v) is 1.50. The van der Waals surface area contributed by atoms with Crippen molar-refractivity contribution in [3.05, 3.63) is 35.9 Å². The van der Waals surface area contributed by atoms with Crippen molar-refractivity contribution in [1.29, 1.82) is 0 Å². The van der Waals surface area contributed by atoms with Gasteiger partial charge in [-0.15, -0.1) is 0 Å². The van der Waals surface area contributed by atoms with Crippen molar-refractivity contribution in [1.82, 2.24) is 0 Å². The summed E-state index contributed by atoms with van der Waals surface area (Å²) in [6, 6.07) is 10.6. The fraction of sp³-hybridized carbons (Fsp3) is 0.400. The molecule has 4 heteroatoms. The van der Waals surface area contributed by atoms with Crippen molar-refractivity contribution in [3.8, 4) is 0 Å². The van der Waals surface area contributed by atoms with Crippen LogP contribution >= 0.6 is 0 Å². The average Bonchev–Trinajstić information content (AvgIpc) is 1.85. The minimum Gasteiger partial charge on any atom is -0.870 e. The summed E-state index contributed by atoms with van der Waals surface area (Å²) in [5.41, 5.74) is 1.40. The minimum atomic E-state index is 0. The first-order chi connectivity index (χ1) is 5.08. The number of nitrogens with zero attached hydrogens (tertiary/aromatic N) is 1. The van der Waals surface area contributed by atoms with E-state index in [0.29, 0.717) is 0 Å². The maximum Gasteiger partial charge on any atom is 1.00 e. The Bertz CT molecular complexity index is 221. The summed E-state index contributed by atoms with van der Waals surface area (Å²) in [4.78, 5) is 0. The van der Waals surface area contributed by atoms with Crippen LogP contribution in [-0.4, -0.2) is 36.6 Å². The summed E-state index contributed by atoms with van der Waals surface area (Å²) in [5.74, 6) is 0. The molecule has 0 fully saturated rings. The Labute approximate surface area is 108 Å². The van der Waals surface area contributed by atoms with Crippen molar-refractivity contribution in [2.75, 3.05) is 21.1 Å². The molecule has 3 nitrogen and oxygen atoms in total. The Hall–Kier alpha value is 0.1000. The molecule has 0 aliphatic heterocycles. The monoisotopic (exact) mass is 207 g/mol. The molecule has 1 rings (SSSR count). The molecule has 0 radical (unpaired) electrons. The van der Waals surface area contributed by atoms with Crippen LogP contribution in [0.5, 0.6) is 0 Å². The van der Waals surface area contributed by atoms with Gasteiger partial charge in [-0.3, -0.25) is 0 Å². The molecule has 0 atom stereocenters. The Kier molecular flexibility index (Phi) is 11.8. The maximum absolute atomic E-state index is 2.20. The van der Waals surface area contributed by atoms with Crippen LogP contribution in [0.3, 0.4) is 0 Å². The van der Waals surface area contributed by atoms with Gasteiger partial charge in [-0.2, -0.15) is 0 Å². The molecule has 14 heavy (non-hydrogen) atoms. The normalized spacial score (nSPS) is 9.07. The zero-order valence-electron chi connectivity index (χ0n) is 9.44. The molecule has 0 aliphatic rings. The third kappa shape index (κ3) is 8.69. The first-order valence-corrected chi connectivity index (χ1v) is 3.92. The molecule has 0 saturated heterocycles. The zero-order chi connectivity index (χ0) is 8.32. The van der Waals surface area contributed by atoms with Gasteiger partial charge in [0.15, 0.2) is 0 Å². The van der Waals surface area contributed by atoms with Crippen LogP contribution in [0, 0.1) is 0 Å². The zero-order valence-corrected chi connectivity index (χ0v) is 11.4. The van der Waals surface area contributed by atoms with Crippen molar-refractivity contribution in [3.63, 3.8) is 0 Å². The molecule has 0 amide bonds. The first-order valence-electron chi connectivity index (χ1n) is 3.92. The number of rotatable bonds is 2. The van der Waals surface area contributed by atoms with E-state index in [1.807, 2.05) is 0 Å². The van der Waals surface area contributed by atoms with E-state index in [0.717, 1.165) is 11.0 Å². The molecule has 2 N–H and O–H groups in total. The topological polar surface area (TPSA) is 60.0 Å². The van der Waals surface area contributed by atoms with Crippen molar-refractivity contribution in [2.45, 2.75) is 6.54 Å². The molecule has 76 valence electrons. The largest absolute Gasteiger partial charge is 1.00 e. The molecule has 0 aromatic heterocycles. The van der Waals surface area contributed by atoms with Gasteiger partial charge in [-0.1, -0.05) is 30.3 Å². The molecule has 1 aromatic carbocycles. The van der Waals surface area contributed by atoms with Crippen LogP contribution in [0.2, 0.25) is 0 Å². The fourth-order valence-electron chi connectivity index (χ4n) is 1.13. The molecule has 0 unspecified atom stereocenters. The minimum absolute atomic E-state index is 0. The van der Waals surface area contributed by atoms with E-state index in [4.69, 9.17) is 0 Å². The Morgan fingerprint density at radius 2 is 1.36 bits per heavy atom. The van der Waals surface area contributed by atoms with Gasteiger partial charge in [0.2, 0.25) is 0 Å². The summed E-state index contributed by atoms with van der Waals surface area (Å²) in [7, 11) is 6.60. The third-order valence-electron chi connectivity index (χ3n) is 1.50. The van der Waals surface area contributed by atoms with Gasteiger partial charge in [0.05, 0.1) is 21.1 Å². The van der Waals surface area contributed by atoms with E-state index >= 15 is 0 Å². The number of quaternary nitrogens is 1. The van der Waals surface area contributed by atoms with E-state index in [-0.39, 0.29) is 40.5 Å². The predicted molar refractivity (Wildman–Crippen MR) is 52.1 cm³/mol. The predicted octanol–water partition coefficient (Wildman–Crippen LogP) is -1.46. The Morgan fingerprint density at radius 1 is 0.929 bits per heavy atom. The van der Waals surface area contributed by atoms with Gasteiger partial charge in [0.25, 0.3) is 0 Å². The van der Waals surface area contributed by atoms with E-state index < -0.39 is 0 Å². The number of hydrogen-bond donors (Lipinski definition) is 0. The summed E-state index contributed by atoms with van der Waals surface area (Å²) in [5, 5.41) is 0. The molecular weight excluding hydrogens is 189 g/mol. The van der Waals surface area contributed by atoms with E-state index in [2.05, 4.69) is 51.5 Å². The number of hydrogen-bond acceptors (Lipinski definition) is 2. The fourth-order valence-corrected chi connectivity index (χ4v) is 1.13. The molecule has 0 aliphatic carbocycles. The Balaban J connectivity index is -0.000000403. The molecule has 0 saturated carbocycles. The van der Waals surface area contributed by atoms with Crippen molar-refractivity contribution < 1.29 is 45.0 Å². The van der Waals surface area contributed by atoms with Crippen LogP contribution in [0.4, 0.5) is 0 Å². The second-order valence-electron chi connectivity index (χ2n) is 3.93. The van der Waals surface area contributed by atoms with Gasteiger partial charge >= 0.3 is 29.6 Å². The van der Waals surface area contributed by atoms with Crippen LogP contribution < -0.4 is 29.6 Å². The SMILES string of the molecule is C[N+](C)(C)Cc1ccccc1.[Na+].[OH-].[OH-]. The van der Waals surface area contributed by atoms with Crippen molar-refractivity contribution in [2.24, 2.45) is 0 Å². The summed E-state index contributed by atoms with van der Waals surface area (Å²) in [6.07, 6.45) is 0. The van der Waals surface area contributed by atoms with Crippen LogP contribution in [0.1, 0.15) is 5.56 Å². The smallest absolute Gasteiger partial charge is 0.870 e. The van der Waals surface area contributed by atoms with Gasteiger partial charge in [0.1, 0.15) is 6.54 Å².